The minimum absolute atomic E-state index is 0.0707. The maximum absolute atomic E-state index is 12.7. The molecule has 1 aromatic carbocycles. The van der Waals surface area contributed by atoms with Gasteiger partial charge in [0.15, 0.2) is 5.92 Å². The lowest BCUT2D eigenvalue weighted by Gasteiger charge is -2.18. The monoisotopic (exact) mass is 459 g/mol. The van der Waals surface area contributed by atoms with Crippen LogP contribution in [0.2, 0.25) is 0 Å². The van der Waals surface area contributed by atoms with E-state index in [1.807, 2.05) is 0 Å². The summed E-state index contributed by atoms with van der Waals surface area (Å²) >= 11 is 3.25. The predicted molar refractivity (Wildman–Crippen MR) is 97.4 cm³/mol. The molecule has 146 valence electrons. The summed E-state index contributed by atoms with van der Waals surface area (Å²) < 4.78 is 36.2. The van der Waals surface area contributed by atoms with Crippen LogP contribution in [0.15, 0.2) is 33.6 Å². The number of ether oxygens (including phenoxy) is 2. The van der Waals surface area contributed by atoms with Gasteiger partial charge >= 0.3 is 11.9 Å². The lowest BCUT2D eigenvalue weighted by molar-refractivity contribution is -0.158. The molecule has 0 saturated carbocycles. The quantitative estimate of drug-likeness (QED) is 0.373. The van der Waals surface area contributed by atoms with Crippen molar-refractivity contribution in [2.45, 2.75) is 23.8 Å². The predicted octanol–water partition coefficient (Wildman–Crippen LogP) is 1.50. The number of hydrogen-bond acceptors (Lipinski definition) is 7. The number of hydroxylamine groups is 1. The Morgan fingerprint density at radius 1 is 1.26 bits per heavy atom. The first kappa shape index (κ1) is 21.4. The number of sulfonamides is 1. The average Bonchev–Trinajstić information content (AvgIpc) is 3.14. The largest absolute Gasteiger partial charge is 0.468 e. The highest BCUT2D eigenvalue weighted by Crippen LogP contribution is 2.25. The van der Waals surface area contributed by atoms with Crippen LogP contribution in [0.4, 0.5) is 0 Å². The highest BCUT2D eigenvalue weighted by atomic mass is 79.9. The Hall–Kier alpha value is -1.93. The van der Waals surface area contributed by atoms with E-state index in [1.54, 1.807) is 12.1 Å². The van der Waals surface area contributed by atoms with Gasteiger partial charge in [-0.05, 0) is 24.3 Å². The lowest BCUT2D eigenvalue weighted by Crippen LogP contribution is -2.33. The van der Waals surface area contributed by atoms with Crippen molar-refractivity contribution in [2.75, 3.05) is 20.8 Å². The maximum Gasteiger partial charge on any atom is 0.321 e. The van der Waals surface area contributed by atoms with Crippen molar-refractivity contribution in [1.29, 1.82) is 0 Å². The molecule has 2 rings (SSSR count). The summed E-state index contributed by atoms with van der Waals surface area (Å²) in [7, 11) is -1.58. The molecule has 1 aliphatic rings. The molecule has 0 radical (unpaired) electrons. The van der Waals surface area contributed by atoms with Gasteiger partial charge in [-0.2, -0.15) is 0 Å². The van der Waals surface area contributed by atoms with Crippen LogP contribution in [-0.4, -0.2) is 51.7 Å². The number of benzene rings is 1. The smallest absolute Gasteiger partial charge is 0.321 e. The van der Waals surface area contributed by atoms with E-state index in [-0.39, 0.29) is 17.9 Å². The van der Waals surface area contributed by atoms with E-state index in [2.05, 4.69) is 37.2 Å². The van der Waals surface area contributed by atoms with Crippen molar-refractivity contribution in [3.05, 3.63) is 28.7 Å². The zero-order valence-corrected chi connectivity index (χ0v) is 17.1. The first-order valence-corrected chi connectivity index (χ1v) is 10.1. The molecular weight excluding hydrogens is 442 g/mol. The van der Waals surface area contributed by atoms with Crippen LogP contribution >= 0.6 is 15.9 Å². The molecular formula is C17H18BrNO7S. The molecule has 0 bridgehead atoms. The molecule has 1 heterocycles. The van der Waals surface area contributed by atoms with E-state index in [9.17, 15) is 18.0 Å². The summed E-state index contributed by atoms with van der Waals surface area (Å²) in [6.07, 6.45) is 0.214. The van der Waals surface area contributed by atoms with E-state index in [4.69, 9.17) is 4.84 Å². The van der Waals surface area contributed by atoms with Crippen LogP contribution in [0.5, 0.6) is 0 Å². The molecule has 1 aliphatic heterocycles. The number of rotatable bonds is 5. The van der Waals surface area contributed by atoms with Crippen molar-refractivity contribution in [3.63, 3.8) is 0 Å². The second kappa shape index (κ2) is 9.32. The van der Waals surface area contributed by atoms with E-state index < -0.39 is 33.9 Å². The van der Waals surface area contributed by atoms with Crippen molar-refractivity contribution in [1.82, 2.24) is 4.47 Å². The van der Waals surface area contributed by atoms with Gasteiger partial charge in [0.25, 0.3) is 10.0 Å². The summed E-state index contributed by atoms with van der Waals surface area (Å²) in [5.74, 6) is 2.71. The van der Waals surface area contributed by atoms with Crippen LogP contribution in [0.25, 0.3) is 0 Å². The molecule has 0 spiro atoms. The van der Waals surface area contributed by atoms with Crippen LogP contribution in [0.3, 0.4) is 0 Å². The van der Waals surface area contributed by atoms with E-state index >= 15 is 0 Å². The van der Waals surface area contributed by atoms with Crippen molar-refractivity contribution in [3.8, 4) is 11.8 Å². The Bertz CT molecular complexity index is 842. The molecule has 0 amide bonds. The third-order valence-corrected chi connectivity index (χ3v) is 5.99. The number of nitrogens with zero attached hydrogens (tertiary/aromatic N) is 1. The summed E-state index contributed by atoms with van der Waals surface area (Å²) in [5, 5.41) is 0. The zero-order chi connectivity index (χ0) is 20.0. The van der Waals surface area contributed by atoms with Crippen LogP contribution in [-0.2, 0) is 33.9 Å². The van der Waals surface area contributed by atoms with Gasteiger partial charge in [0, 0.05) is 17.3 Å². The zero-order valence-electron chi connectivity index (χ0n) is 14.7. The van der Waals surface area contributed by atoms with E-state index in [0.717, 1.165) is 23.2 Å². The molecule has 1 atom stereocenters. The Kier molecular flexibility index (Phi) is 7.38. The normalized spacial score (nSPS) is 17.3. The van der Waals surface area contributed by atoms with Gasteiger partial charge in [-0.1, -0.05) is 32.2 Å². The third-order valence-electron chi connectivity index (χ3n) is 3.76. The minimum atomic E-state index is -3.89. The summed E-state index contributed by atoms with van der Waals surface area (Å²) in [6, 6.07) is 5.41. The Morgan fingerprint density at radius 3 is 2.41 bits per heavy atom. The molecule has 0 N–H and O–H groups in total. The molecule has 1 fully saturated rings. The SMILES string of the molecule is COC(=O)C(CC#CC1CCON1S(=O)(=O)c1ccc(Br)cc1)C(=O)OC. The topological polar surface area (TPSA) is 99.2 Å². The van der Waals surface area contributed by atoms with E-state index in [1.165, 1.54) is 12.1 Å². The van der Waals surface area contributed by atoms with Gasteiger partial charge in [0.1, 0.15) is 6.04 Å². The standard InChI is InChI=1S/C17H18BrNO7S/c1-24-16(20)15(17(21)25-2)5-3-4-13-10-11-26-19(13)27(22,23)14-8-6-12(18)7-9-14/h6-9,13,15H,5,10-11H2,1-2H3. The molecule has 1 aromatic rings. The molecule has 8 nitrogen and oxygen atoms in total. The second-order valence-electron chi connectivity index (χ2n) is 5.48. The first-order chi connectivity index (χ1) is 12.8. The average molecular weight is 460 g/mol. The molecule has 1 unspecified atom stereocenters. The molecule has 0 aromatic heterocycles. The number of methoxy groups -OCH3 is 2. The Morgan fingerprint density at radius 2 is 1.85 bits per heavy atom. The molecule has 1 saturated heterocycles. The molecule has 0 aliphatic carbocycles. The van der Waals surface area contributed by atoms with Crippen molar-refractivity contribution >= 4 is 37.9 Å². The van der Waals surface area contributed by atoms with Crippen molar-refractivity contribution < 1.29 is 32.3 Å². The van der Waals surface area contributed by atoms with Gasteiger partial charge < -0.3 is 9.47 Å². The minimum Gasteiger partial charge on any atom is -0.468 e. The number of carbonyl (C=O) groups excluding carboxylic acids is 2. The van der Waals surface area contributed by atoms with Crippen LogP contribution < -0.4 is 0 Å². The summed E-state index contributed by atoms with van der Waals surface area (Å²) in [6.45, 7) is 0.187. The first-order valence-electron chi connectivity index (χ1n) is 7.88. The Labute approximate surface area is 165 Å². The van der Waals surface area contributed by atoms with Gasteiger partial charge in [-0.25, -0.2) is 8.42 Å². The van der Waals surface area contributed by atoms with E-state index in [0.29, 0.717) is 6.42 Å². The van der Waals surface area contributed by atoms with Crippen molar-refractivity contribution in [2.24, 2.45) is 5.92 Å². The number of halogens is 1. The van der Waals surface area contributed by atoms with Gasteiger partial charge in [-0.3, -0.25) is 14.4 Å². The van der Waals surface area contributed by atoms with Gasteiger partial charge in [-0.15, -0.1) is 0 Å². The number of esters is 2. The number of carbonyl (C=O) groups is 2. The molecule has 27 heavy (non-hydrogen) atoms. The fourth-order valence-electron chi connectivity index (χ4n) is 2.35. The third kappa shape index (κ3) is 5.07. The van der Waals surface area contributed by atoms with Crippen LogP contribution in [0, 0.1) is 17.8 Å². The Balaban J connectivity index is 2.17. The van der Waals surface area contributed by atoms with Gasteiger partial charge in [0.2, 0.25) is 0 Å². The fraction of sp³-hybridized carbons (Fsp3) is 0.412. The summed E-state index contributed by atoms with van der Waals surface area (Å²) in [5.41, 5.74) is 0. The molecule has 10 heteroatoms. The van der Waals surface area contributed by atoms with Crippen LogP contribution in [0.1, 0.15) is 12.8 Å². The highest BCUT2D eigenvalue weighted by Gasteiger charge is 2.36. The fourth-order valence-corrected chi connectivity index (χ4v) is 4.01. The number of hydrogen-bond donors (Lipinski definition) is 0. The van der Waals surface area contributed by atoms with Gasteiger partial charge in [0.05, 0.1) is 25.7 Å². The second-order valence-corrected chi connectivity index (χ2v) is 8.17. The highest BCUT2D eigenvalue weighted by molar-refractivity contribution is 9.10. The summed E-state index contributed by atoms with van der Waals surface area (Å²) in [4.78, 5) is 28.6. The lowest BCUT2D eigenvalue weighted by atomic mass is 10.1. The maximum atomic E-state index is 12.7.